The molecule has 0 radical (unpaired) electrons. The predicted molar refractivity (Wildman–Crippen MR) is 109 cm³/mol. The number of rotatable bonds is 4. The minimum atomic E-state index is 0.529. The van der Waals surface area contributed by atoms with E-state index in [0.717, 1.165) is 15.4 Å². The molecule has 0 unspecified atom stereocenters. The van der Waals surface area contributed by atoms with E-state index in [1.54, 1.807) is 0 Å². The fraction of sp³-hybridized carbons (Fsp3) is 0.368. The monoisotopic (exact) mass is 476 g/mol. The van der Waals surface area contributed by atoms with Gasteiger partial charge >= 0.3 is 0 Å². The van der Waals surface area contributed by atoms with Crippen molar-refractivity contribution in [1.82, 2.24) is 0 Å². The molecule has 0 aliphatic rings. The van der Waals surface area contributed by atoms with Gasteiger partial charge in [0.05, 0.1) is 0 Å². The van der Waals surface area contributed by atoms with Crippen molar-refractivity contribution in [3.63, 3.8) is 0 Å². The van der Waals surface area contributed by atoms with Crippen LogP contribution in [0.4, 0.5) is 0 Å². The Morgan fingerprint density at radius 2 is 0.957 bits per heavy atom. The second-order valence-corrected chi connectivity index (χ2v) is 8.08. The van der Waals surface area contributed by atoms with Crippen molar-refractivity contribution in [3.8, 4) is 0 Å². The van der Waals surface area contributed by atoms with Crippen molar-refractivity contribution in [2.24, 2.45) is 0 Å². The lowest BCUT2D eigenvalue weighted by Gasteiger charge is -2.18. The Balaban J connectivity index is 2.56. The molecule has 0 amide bonds. The van der Waals surface area contributed by atoms with Crippen LogP contribution in [0, 0.1) is 27.7 Å². The van der Waals surface area contributed by atoms with E-state index in [1.165, 1.54) is 44.5 Å². The summed E-state index contributed by atoms with van der Waals surface area (Å²) in [4.78, 5) is 0. The van der Waals surface area contributed by atoms with Gasteiger partial charge in [-0.25, -0.2) is 0 Å². The van der Waals surface area contributed by atoms with E-state index in [1.807, 2.05) is 0 Å². The molecule has 124 valence electrons. The van der Waals surface area contributed by atoms with Crippen LogP contribution in [0.2, 0.25) is 0 Å². The van der Waals surface area contributed by atoms with Crippen LogP contribution in [0.5, 0.6) is 0 Å². The third kappa shape index (κ3) is 3.81. The van der Waals surface area contributed by atoms with Gasteiger partial charge < -0.3 is 0 Å². The molecule has 23 heavy (non-hydrogen) atoms. The highest BCUT2D eigenvalue weighted by Crippen LogP contribution is 2.33. The van der Waals surface area contributed by atoms with Gasteiger partial charge in [-0.1, -0.05) is 44.0 Å². The molecule has 0 aliphatic carbocycles. The zero-order chi connectivity index (χ0) is 17.3. The van der Waals surface area contributed by atoms with E-state index in [4.69, 9.17) is 23.2 Å². The van der Waals surface area contributed by atoms with E-state index in [2.05, 4.69) is 71.7 Å². The van der Waals surface area contributed by atoms with Gasteiger partial charge in [-0.3, -0.25) is 0 Å². The number of alkyl halides is 2. The molecular weight excluding hydrogens is 459 g/mol. The first-order valence-corrected chi connectivity index (χ1v) is 10.1. The normalized spacial score (nSPS) is 11.1. The molecule has 0 aromatic heterocycles. The highest BCUT2D eigenvalue weighted by atomic mass is 79.9. The van der Waals surface area contributed by atoms with Crippen molar-refractivity contribution >= 4 is 55.1 Å². The molecule has 0 nitrogen and oxygen atoms in total. The van der Waals surface area contributed by atoms with Crippen molar-refractivity contribution < 1.29 is 0 Å². The van der Waals surface area contributed by atoms with Crippen molar-refractivity contribution in [1.29, 1.82) is 0 Å². The zero-order valence-corrected chi connectivity index (χ0v) is 18.5. The van der Waals surface area contributed by atoms with Crippen LogP contribution in [0.1, 0.15) is 44.5 Å². The van der Waals surface area contributed by atoms with Gasteiger partial charge in [-0.2, -0.15) is 0 Å². The number of hydrogen-bond donors (Lipinski definition) is 0. The molecule has 0 fully saturated rings. The Bertz CT molecular complexity index is 689. The summed E-state index contributed by atoms with van der Waals surface area (Å²) in [5.74, 6) is 1.06. The van der Waals surface area contributed by atoms with Gasteiger partial charge in [0.25, 0.3) is 0 Å². The van der Waals surface area contributed by atoms with Crippen LogP contribution >= 0.6 is 55.1 Å². The third-order valence-corrected chi connectivity index (χ3v) is 7.56. The van der Waals surface area contributed by atoms with Crippen molar-refractivity contribution in [2.45, 2.75) is 45.9 Å². The van der Waals surface area contributed by atoms with Crippen molar-refractivity contribution in [2.75, 3.05) is 0 Å². The summed E-state index contributed by atoms with van der Waals surface area (Å²) in [5.41, 5.74) is 9.98. The number of hydrogen-bond acceptors (Lipinski definition) is 0. The molecule has 0 spiro atoms. The quantitative estimate of drug-likeness (QED) is 0.399. The van der Waals surface area contributed by atoms with E-state index in [-0.39, 0.29) is 0 Å². The standard InChI is InChI=1S/C19H20Br2Cl2/c1-10-14(6-16(8-22)12(3)18(10)20)5-15-7-17(9-23)13(4)19(21)11(15)2/h6-7H,5,8-9H2,1-4H3. The minimum Gasteiger partial charge on any atom is -0.122 e. The molecule has 2 aromatic carbocycles. The summed E-state index contributed by atoms with van der Waals surface area (Å²) in [5, 5.41) is 0. The van der Waals surface area contributed by atoms with Gasteiger partial charge in [0.2, 0.25) is 0 Å². The maximum atomic E-state index is 6.11. The molecule has 0 atom stereocenters. The zero-order valence-electron chi connectivity index (χ0n) is 13.8. The average molecular weight is 479 g/mol. The van der Waals surface area contributed by atoms with Crippen LogP contribution in [0.15, 0.2) is 21.1 Å². The highest BCUT2D eigenvalue weighted by molar-refractivity contribution is 9.10. The van der Waals surface area contributed by atoms with Gasteiger partial charge in [0, 0.05) is 20.7 Å². The Labute approximate surface area is 165 Å². The second-order valence-electron chi connectivity index (χ2n) is 5.96. The highest BCUT2D eigenvalue weighted by Gasteiger charge is 2.14. The van der Waals surface area contributed by atoms with Crippen LogP contribution in [-0.2, 0) is 18.2 Å². The molecule has 0 aliphatic heterocycles. The Morgan fingerprint density at radius 1 is 0.652 bits per heavy atom. The molecule has 0 saturated heterocycles. The summed E-state index contributed by atoms with van der Waals surface area (Å²) in [6, 6.07) is 4.46. The van der Waals surface area contributed by atoms with Gasteiger partial charge in [-0.15, -0.1) is 23.2 Å². The fourth-order valence-corrected chi connectivity index (χ4v) is 4.40. The minimum absolute atomic E-state index is 0.529. The first kappa shape index (κ1) is 19.3. The average Bonchev–Trinajstić information content (AvgIpc) is 2.55. The van der Waals surface area contributed by atoms with E-state index in [0.29, 0.717) is 11.8 Å². The van der Waals surface area contributed by atoms with Crippen LogP contribution in [0.3, 0.4) is 0 Å². The molecule has 0 saturated carbocycles. The fourth-order valence-electron chi connectivity index (χ4n) is 2.83. The summed E-state index contributed by atoms with van der Waals surface area (Å²) in [6.07, 6.45) is 0.878. The van der Waals surface area contributed by atoms with Crippen molar-refractivity contribution in [3.05, 3.63) is 65.6 Å². The van der Waals surface area contributed by atoms with E-state index < -0.39 is 0 Å². The summed E-state index contributed by atoms with van der Waals surface area (Å²) >= 11 is 19.7. The number of halogens is 4. The third-order valence-electron chi connectivity index (χ3n) is 4.61. The van der Waals surface area contributed by atoms with Crippen LogP contribution in [0.25, 0.3) is 0 Å². The Hall–Kier alpha value is -0.0200. The molecule has 0 heterocycles. The lowest BCUT2D eigenvalue weighted by atomic mass is 9.92. The Morgan fingerprint density at radius 3 is 1.26 bits per heavy atom. The maximum absolute atomic E-state index is 6.11. The second kappa shape index (κ2) is 7.91. The molecule has 2 aromatic rings. The van der Waals surface area contributed by atoms with Gasteiger partial charge in [-0.05, 0) is 78.6 Å². The lowest BCUT2D eigenvalue weighted by molar-refractivity contribution is 1.07. The lowest BCUT2D eigenvalue weighted by Crippen LogP contribution is -2.02. The number of benzene rings is 2. The molecule has 0 N–H and O–H groups in total. The largest absolute Gasteiger partial charge is 0.122 e. The topological polar surface area (TPSA) is 0 Å². The molecular formula is C19H20Br2Cl2. The van der Waals surface area contributed by atoms with Crippen LogP contribution < -0.4 is 0 Å². The maximum Gasteiger partial charge on any atom is 0.0477 e. The predicted octanol–water partition coefficient (Wildman–Crippen LogP) is 7.51. The molecule has 2 rings (SSSR count). The smallest absolute Gasteiger partial charge is 0.0477 e. The summed E-state index contributed by atoms with van der Waals surface area (Å²) < 4.78 is 2.32. The SMILES string of the molecule is Cc1c(CCl)cc(Cc2cc(CCl)c(C)c(Br)c2C)c(C)c1Br. The van der Waals surface area contributed by atoms with Gasteiger partial charge in [0.1, 0.15) is 0 Å². The van der Waals surface area contributed by atoms with Gasteiger partial charge in [0.15, 0.2) is 0 Å². The van der Waals surface area contributed by atoms with Crippen LogP contribution in [-0.4, -0.2) is 0 Å². The van der Waals surface area contributed by atoms with E-state index in [9.17, 15) is 0 Å². The first-order chi connectivity index (χ1) is 10.8. The molecule has 0 bridgehead atoms. The summed E-state index contributed by atoms with van der Waals surface area (Å²) in [6.45, 7) is 8.53. The summed E-state index contributed by atoms with van der Waals surface area (Å²) in [7, 11) is 0. The molecule has 4 heteroatoms. The van der Waals surface area contributed by atoms with E-state index >= 15 is 0 Å². The Kier molecular flexibility index (Phi) is 6.64. The first-order valence-electron chi connectivity index (χ1n) is 7.48.